The first-order valence-corrected chi connectivity index (χ1v) is 14.3. The van der Waals surface area contributed by atoms with Gasteiger partial charge in [-0.15, -0.1) is 11.3 Å². The molecule has 0 atom stereocenters. The summed E-state index contributed by atoms with van der Waals surface area (Å²) in [6.07, 6.45) is 0. The lowest BCUT2D eigenvalue weighted by Crippen LogP contribution is -2.40. The summed E-state index contributed by atoms with van der Waals surface area (Å²) in [5, 5.41) is 3.10. The molecular weight excluding hydrogens is 506 g/mol. The van der Waals surface area contributed by atoms with Crippen molar-refractivity contribution < 1.29 is 17.6 Å². The molecule has 7 nitrogen and oxygen atoms in total. The minimum Gasteiger partial charge on any atom is -0.454 e. The highest BCUT2D eigenvalue weighted by Crippen LogP contribution is 2.29. The number of furan rings is 1. The molecule has 0 unspecified atom stereocenters. The lowest BCUT2D eigenvalue weighted by Gasteiger charge is -2.26. The normalized spacial score (nSPS) is 15.4. The Morgan fingerprint density at radius 2 is 1.62 bits per heavy atom. The third kappa shape index (κ3) is 4.91. The first kappa shape index (κ1) is 23.9. The molecule has 3 heterocycles. The lowest BCUT2D eigenvalue weighted by molar-refractivity contribution is 0.0730. The Kier molecular flexibility index (Phi) is 6.52. The molecule has 0 bridgehead atoms. The van der Waals surface area contributed by atoms with E-state index in [1.165, 1.54) is 15.6 Å². The zero-order valence-electron chi connectivity index (χ0n) is 20.0. The fourth-order valence-electron chi connectivity index (χ4n) is 4.38. The average Bonchev–Trinajstić information content (AvgIpc) is 3.54. The highest BCUT2D eigenvalue weighted by molar-refractivity contribution is 7.89. The Morgan fingerprint density at radius 3 is 2.38 bits per heavy atom. The van der Waals surface area contributed by atoms with Crippen molar-refractivity contribution in [3.05, 3.63) is 101 Å². The number of para-hydroxylation sites is 1. The molecule has 0 N–H and O–H groups in total. The number of ether oxygens (including phenoxy) is 1. The van der Waals surface area contributed by atoms with E-state index in [9.17, 15) is 8.42 Å². The number of hydrogen-bond donors (Lipinski definition) is 0. The van der Waals surface area contributed by atoms with Crippen molar-refractivity contribution in [3.8, 4) is 11.5 Å². The Balaban J connectivity index is 1.38. The molecule has 0 saturated carbocycles. The Hall–Kier alpha value is -3.50. The summed E-state index contributed by atoms with van der Waals surface area (Å²) in [6, 6.07) is 27.0. The van der Waals surface area contributed by atoms with Crippen LogP contribution in [0.3, 0.4) is 0 Å². The van der Waals surface area contributed by atoms with Crippen LogP contribution in [0.2, 0.25) is 0 Å². The smallest absolute Gasteiger partial charge is 0.243 e. The Bertz CT molecular complexity index is 1660. The maximum Gasteiger partial charge on any atom is 0.243 e. The predicted molar refractivity (Wildman–Crippen MR) is 144 cm³/mol. The number of aromatic nitrogens is 1. The van der Waals surface area contributed by atoms with Crippen LogP contribution < -0.4 is 4.80 Å². The van der Waals surface area contributed by atoms with Crippen molar-refractivity contribution in [1.29, 1.82) is 0 Å². The summed E-state index contributed by atoms with van der Waals surface area (Å²) >= 11 is 1.52. The van der Waals surface area contributed by atoms with E-state index in [0.717, 1.165) is 32.8 Å². The van der Waals surface area contributed by atoms with Crippen molar-refractivity contribution >= 4 is 38.0 Å². The van der Waals surface area contributed by atoms with Gasteiger partial charge in [0.2, 0.25) is 10.0 Å². The summed E-state index contributed by atoms with van der Waals surface area (Å²) in [5.74, 6) is 0.779. The molecule has 1 aliphatic heterocycles. The molecule has 1 saturated heterocycles. The van der Waals surface area contributed by atoms with E-state index >= 15 is 0 Å². The Morgan fingerprint density at radius 1 is 0.892 bits per heavy atom. The van der Waals surface area contributed by atoms with Crippen molar-refractivity contribution in [2.24, 2.45) is 4.99 Å². The monoisotopic (exact) mass is 531 g/mol. The zero-order valence-corrected chi connectivity index (χ0v) is 21.6. The molecule has 0 aliphatic carbocycles. The van der Waals surface area contributed by atoms with Gasteiger partial charge in [-0.3, -0.25) is 0 Å². The first-order chi connectivity index (χ1) is 18.1. The van der Waals surface area contributed by atoms with Crippen molar-refractivity contribution in [3.63, 3.8) is 0 Å². The average molecular weight is 532 g/mol. The summed E-state index contributed by atoms with van der Waals surface area (Å²) in [6.45, 7) is 2.19. The van der Waals surface area contributed by atoms with Gasteiger partial charge in [0.25, 0.3) is 0 Å². The summed E-state index contributed by atoms with van der Waals surface area (Å²) < 4.78 is 41.0. The zero-order chi connectivity index (χ0) is 25.2. The van der Waals surface area contributed by atoms with Crippen LogP contribution in [0.25, 0.3) is 22.4 Å². The molecule has 1 fully saturated rings. The Labute approximate surface area is 218 Å². The highest BCUT2D eigenvalue weighted by Gasteiger charge is 2.26. The third-order valence-electron chi connectivity index (χ3n) is 6.33. The number of benzene rings is 3. The van der Waals surface area contributed by atoms with Crippen molar-refractivity contribution in [1.82, 2.24) is 8.87 Å². The van der Waals surface area contributed by atoms with E-state index in [0.29, 0.717) is 38.5 Å². The second-order valence-electron chi connectivity index (χ2n) is 8.75. The molecule has 188 valence electrons. The van der Waals surface area contributed by atoms with Crippen molar-refractivity contribution in [2.45, 2.75) is 11.4 Å². The number of hydrogen-bond acceptors (Lipinski definition) is 6. The molecule has 0 radical (unpaired) electrons. The van der Waals surface area contributed by atoms with Crippen LogP contribution in [0.15, 0.2) is 105 Å². The largest absolute Gasteiger partial charge is 0.454 e. The number of rotatable bonds is 6. The number of fused-ring (bicyclic) bond motifs is 1. The van der Waals surface area contributed by atoms with E-state index in [2.05, 4.69) is 22.1 Å². The van der Waals surface area contributed by atoms with Gasteiger partial charge in [-0.2, -0.15) is 4.31 Å². The van der Waals surface area contributed by atoms with Crippen LogP contribution in [0.5, 0.6) is 0 Å². The SMILES string of the molecule is O=S(=O)(c1ccc(N=c2scc(-c3cc4ccccc4o3)n2Cc2ccccc2)cc1)N1CCOCC1. The molecule has 1 aliphatic rings. The van der Waals surface area contributed by atoms with Crippen LogP contribution in [-0.2, 0) is 21.3 Å². The minimum atomic E-state index is -3.55. The molecule has 6 rings (SSSR count). The van der Waals surface area contributed by atoms with E-state index in [1.807, 2.05) is 48.5 Å². The van der Waals surface area contributed by atoms with Crippen molar-refractivity contribution in [2.75, 3.05) is 26.3 Å². The molecule has 2 aromatic heterocycles. The van der Waals surface area contributed by atoms with Gasteiger partial charge in [0.15, 0.2) is 10.6 Å². The van der Waals surface area contributed by atoms with Crippen LogP contribution >= 0.6 is 11.3 Å². The standard InChI is InChI=1S/C28H25N3O4S2/c32-37(33,30-14-16-34-17-15-30)24-12-10-23(11-13-24)29-28-31(19-21-6-2-1-3-7-21)25(20-36-28)27-18-22-8-4-5-9-26(22)35-27/h1-13,18,20H,14-17,19H2. The van der Waals surface area contributed by atoms with Gasteiger partial charge in [-0.1, -0.05) is 48.5 Å². The van der Waals surface area contributed by atoms with E-state index in [1.54, 1.807) is 24.3 Å². The maximum atomic E-state index is 13.0. The predicted octanol–water partition coefficient (Wildman–Crippen LogP) is 5.26. The highest BCUT2D eigenvalue weighted by atomic mass is 32.2. The van der Waals surface area contributed by atoms with E-state index in [4.69, 9.17) is 14.1 Å². The van der Waals surface area contributed by atoms with E-state index in [-0.39, 0.29) is 4.90 Å². The second kappa shape index (κ2) is 10.1. The number of morpholine rings is 1. The number of thiazole rings is 1. The number of nitrogens with zero attached hydrogens (tertiary/aromatic N) is 3. The fraction of sp³-hybridized carbons (Fsp3) is 0.179. The van der Waals surface area contributed by atoms with Gasteiger partial charge in [-0.25, -0.2) is 13.4 Å². The molecular formula is C28H25N3O4S2. The van der Waals surface area contributed by atoms with Gasteiger partial charge in [0.05, 0.1) is 36.0 Å². The third-order valence-corrected chi connectivity index (χ3v) is 9.10. The summed E-state index contributed by atoms with van der Waals surface area (Å²) in [4.78, 5) is 5.94. The van der Waals surface area contributed by atoms with Crippen LogP contribution in [0.4, 0.5) is 5.69 Å². The molecule has 0 spiro atoms. The summed E-state index contributed by atoms with van der Waals surface area (Å²) in [7, 11) is -3.55. The van der Waals surface area contributed by atoms with Gasteiger partial charge in [0, 0.05) is 23.9 Å². The van der Waals surface area contributed by atoms with Gasteiger partial charge >= 0.3 is 0 Å². The van der Waals surface area contributed by atoms with Gasteiger partial charge in [0.1, 0.15) is 5.58 Å². The van der Waals surface area contributed by atoms with Crippen LogP contribution in [0, 0.1) is 0 Å². The quantitative estimate of drug-likeness (QED) is 0.299. The first-order valence-electron chi connectivity index (χ1n) is 12.0. The molecule has 0 amide bonds. The molecule has 9 heteroatoms. The fourth-order valence-corrected chi connectivity index (χ4v) is 6.70. The van der Waals surface area contributed by atoms with Gasteiger partial charge < -0.3 is 13.7 Å². The van der Waals surface area contributed by atoms with Gasteiger partial charge in [-0.05, 0) is 42.0 Å². The minimum absolute atomic E-state index is 0.264. The molecule has 5 aromatic rings. The molecule has 3 aromatic carbocycles. The van der Waals surface area contributed by atoms with E-state index < -0.39 is 10.0 Å². The second-order valence-corrected chi connectivity index (χ2v) is 11.5. The topological polar surface area (TPSA) is 77.0 Å². The maximum absolute atomic E-state index is 13.0. The molecule has 37 heavy (non-hydrogen) atoms. The number of sulfonamides is 1. The van der Waals surface area contributed by atoms with Crippen LogP contribution in [0.1, 0.15) is 5.56 Å². The van der Waals surface area contributed by atoms with Crippen LogP contribution in [-0.4, -0.2) is 43.6 Å². The lowest BCUT2D eigenvalue weighted by atomic mass is 10.2. The summed E-state index contributed by atoms with van der Waals surface area (Å²) in [5.41, 5.74) is 3.60.